The summed E-state index contributed by atoms with van der Waals surface area (Å²) in [6.45, 7) is 2.27. The van der Waals surface area contributed by atoms with E-state index in [0.29, 0.717) is 5.66 Å². The lowest BCUT2D eigenvalue weighted by Crippen LogP contribution is -2.21. The second kappa shape index (κ2) is 11.8. The summed E-state index contributed by atoms with van der Waals surface area (Å²) in [5, 5.41) is 11.8. The summed E-state index contributed by atoms with van der Waals surface area (Å²) in [4.78, 5) is 0. The van der Waals surface area contributed by atoms with Crippen LogP contribution in [-0.2, 0) is 4.74 Å². The Balaban J connectivity index is 0.000000152. The van der Waals surface area contributed by atoms with E-state index in [0.717, 1.165) is 25.8 Å². The molecule has 6 heteroatoms. The maximum absolute atomic E-state index is 9.07. The molecule has 0 spiro atoms. The van der Waals surface area contributed by atoms with Crippen molar-refractivity contribution >= 4 is 40.0 Å². The zero-order chi connectivity index (χ0) is 21.3. The molecule has 3 saturated heterocycles. The van der Waals surface area contributed by atoms with Crippen molar-refractivity contribution in [3.63, 3.8) is 0 Å². The van der Waals surface area contributed by atoms with Gasteiger partial charge in [-0.2, -0.15) is 0 Å². The van der Waals surface area contributed by atoms with Crippen molar-refractivity contribution in [2.45, 2.75) is 37.8 Å². The highest BCUT2D eigenvalue weighted by atomic mass is 31.2. The predicted octanol–water partition coefficient (Wildman–Crippen LogP) is 4.18. The molecule has 0 aliphatic carbocycles. The van der Waals surface area contributed by atoms with E-state index in [1.807, 2.05) is 6.07 Å². The Labute approximate surface area is 186 Å². The summed E-state index contributed by atoms with van der Waals surface area (Å²) in [6, 6.07) is 21.1. The van der Waals surface area contributed by atoms with Crippen molar-refractivity contribution < 1.29 is 9.84 Å². The van der Waals surface area contributed by atoms with Gasteiger partial charge in [-0.1, -0.05) is 36.4 Å². The first-order chi connectivity index (χ1) is 14.6. The lowest BCUT2D eigenvalue weighted by Gasteiger charge is -2.25. The lowest BCUT2D eigenvalue weighted by atomic mass is 10.2. The van der Waals surface area contributed by atoms with Crippen LogP contribution in [0.2, 0.25) is 0 Å². The number of hydrogen-bond acceptors (Lipinski definition) is 2. The van der Waals surface area contributed by atoms with Crippen LogP contribution in [0.5, 0.6) is 0 Å². The standard InChI is InChI=1S/C12H17BOP.C10H13BP.C2H4O/c13-15(11-5-2-1-3-6-11)10-4-7-12(15)8-9-14;11-12(8-4-5-9-12)10-6-2-1-3-7-10;1-2-3-1/h1-3,5-6,12,14H,4,7-10H2;1-3,6-7H,4-5,8-9H2;1-2H2/q2*+1;/t12-,15?;;/m1../s1. The Kier molecular flexibility index (Phi) is 9.46. The van der Waals surface area contributed by atoms with E-state index in [1.54, 1.807) is 0 Å². The van der Waals surface area contributed by atoms with Gasteiger partial charge in [0.05, 0.1) is 29.5 Å². The van der Waals surface area contributed by atoms with Crippen LogP contribution < -0.4 is 10.6 Å². The van der Waals surface area contributed by atoms with Crippen LogP contribution in [-0.4, -0.2) is 64.2 Å². The number of aliphatic hydroxyl groups is 1. The van der Waals surface area contributed by atoms with E-state index in [9.17, 15) is 0 Å². The minimum atomic E-state index is -1.46. The second-order valence-electron chi connectivity index (χ2n) is 8.43. The van der Waals surface area contributed by atoms with Crippen molar-refractivity contribution in [3.05, 3.63) is 60.7 Å². The van der Waals surface area contributed by atoms with E-state index in [2.05, 4.69) is 59.3 Å². The molecule has 2 aromatic rings. The van der Waals surface area contributed by atoms with E-state index >= 15 is 0 Å². The third-order valence-electron chi connectivity index (χ3n) is 6.26. The van der Waals surface area contributed by atoms with Crippen LogP contribution in [0.15, 0.2) is 60.7 Å². The number of ether oxygens (including phenoxy) is 1. The molecular formula is C24H34B2O2P2+2. The van der Waals surface area contributed by atoms with Crippen LogP contribution >= 0.6 is 14.3 Å². The van der Waals surface area contributed by atoms with Gasteiger partial charge in [0.25, 0.3) is 0 Å². The van der Waals surface area contributed by atoms with Gasteiger partial charge >= 0.3 is 15.1 Å². The molecule has 4 radical (unpaired) electrons. The Hall–Kier alpha value is -0.650. The molecular weight excluding hydrogens is 404 g/mol. The monoisotopic (exact) mass is 438 g/mol. The fraction of sp³-hybridized carbons (Fsp3) is 0.500. The topological polar surface area (TPSA) is 32.8 Å². The summed E-state index contributed by atoms with van der Waals surface area (Å²) in [5.74, 6) is 0. The predicted molar refractivity (Wildman–Crippen MR) is 137 cm³/mol. The average Bonchev–Trinajstić information content (AvgIpc) is 3.54. The molecule has 3 aliphatic rings. The second-order valence-corrected chi connectivity index (χ2v) is 15.5. The molecule has 0 saturated carbocycles. The number of epoxide rings is 1. The highest BCUT2D eigenvalue weighted by Gasteiger charge is 2.46. The molecule has 0 aromatic heterocycles. The first-order valence-electron chi connectivity index (χ1n) is 11.2. The molecule has 0 amide bonds. The molecule has 3 fully saturated rings. The van der Waals surface area contributed by atoms with E-state index in [1.165, 1.54) is 48.6 Å². The number of hydrogen-bond donors (Lipinski definition) is 1. The quantitative estimate of drug-likeness (QED) is 0.442. The molecule has 30 heavy (non-hydrogen) atoms. The number of aliphatic hydroxyl groups excluding tert-OH is 1. The summed E-state index contributed by atoms with van der Waals surface area (Å²) in [6.07, 6.45) is 9.64. The van der Waals surface area contributed by atoms with E-state index in [-0.39, 0.29) is 6.61 Å². The first-order valence-corrected chi connectivity index (χ1v) is 15.5. The van der Waals surface area contributed by atoms with Crippen molar-refractivity contribution in [2.75, 3.05) is 38.3 Å². The molecule has 1 N–H and O–H groups in total. The Morgan fingerprint density at radius 1 is 0.800 bits per heavy atom. The molecule has 5 rings (SSSR count). The normalized spacial score (nSPS) is 26.1. The molecule has 0 bridgehead atoms. The third kappa shape index (κ3) is 6.67. The van der Waals surface area contributed by atoms with Crippen LogP contribution in [0.4, 0.5) is 0 Å². The van der Waals surface area contributed by atoms with Gasteiger partial charge in [0, 0.05) is 31.5 Å². The molecule has 2 aromatic carbocycles. The van der Waals surface area contributed by atoms with Gasteiger partial charge in [-0.3, -0.25) is 0 Å². The maximum atomic E-state index is 9.07. The van der Waals surface area contributed by atoms with Crippen LogP contribution in [0.3, 0.4) is 0 Å². The zero-order valence-electron chi connectivity index (χ0n) is 18.0. The van der Waals surface area contributed by atoms with Gasteiger partial charge in [-0.05, 0) is 64.2 Å². The largest absolute Gasteiger partial charge is 0.396 e. The minimum absolute atomic E-state index is 0.274. The van der Waals surface area contributed by atoms with E-state index in [4.69, 9.17) is 20.2 Å². The van der Waals surface area contributed by atoms with Crippen molar-refractivity contribution in [1.29, 1.82) is 0 Å². The molecule has 2 atom stereocenters. The molecule has 2 nitrogen and oxygen atoms in total. The summed E-state index contributed by atoms with van der Waals surface area (Å²) >= 11 is 0. The third-order valence-corrected chi connectivity index (χ3v) is 13.9. The van der Waals surface area contributed by atoms with E-state index < -0.39 is 14.3 Å². The van der Waals surface area contributed by atoms with Gasteiger partial charge in [0.1, 0.15) is 0 Å². The fourth-order valence-electron chi connectivity index (χ4n) is 4.45. The van der Waals surface area contributed by atoms with Gasteiger partial charge in [0.2, 0.25) is 0 Å². The van der Waals surface area contributed by atoms with Gasteiger partial charge in [-0.25, -0.2) is 0 Å². The average molecular weight is 438 g/mol. The van der Waals surface area contributed by atoms with Crippen LogP contribution in [0.1, 0.15) is 32.1 Å². The van der Waals surface area contributed by atoms with Crippen LogP contribution in [0, 0.1) is 0 Å². The molecule has 156 valence electrons. The summed E-state index contributed by atoms with van der Waals surface area (Å²) in [7, 11) is 10.4. The Morgan fingerprint density at radius 3 is 1.83 bits per heavy atom. The Bertz CT molecular complexity index is 737. The fourth-order valence-corrected chi connectivity index (χ4v) is 11.2. The molecule has 3 aliphatic heterocycles. The van der Waals surface area contributed by atoms with Gasteiger partial charge in [-0.15, -0.1) is 0 Å². The number of benzene rings is 2. The van der Waals surface area contributed by atoms with Crippen LogP contribution in [0.25, 0.3) is 0 Å². The van der Waals surface area contributed by atoms with Gasteiger partial charge < -0.3 is 9.84 Å². The van der Waals surface area contributed by atoms with Gasteiger partial charge in [0.15, 0.2) is 0 Å². The van der Waals surface area contributed by atoms with Crippen molar-refractivity contribution in [3.8, 4) is 0 Å². The molecule has 1 unspecified atom stereocenters. The summed E-state index contributed by atoms with van der Waals surface area (Å²) < 4.78 is 4.50. The summed E-state index contributed by atoms with van der Waals surface area (Å²) in [5.41, 5.74) is 0.546. The smallest absolute Gasteiger partial charge is 0.371 e. The number of rotatable bonds is 4. The maximum Gasteiger partial charge on any atom is 0.371 e. The van der Waals surface area contributed by atoms with Crippen molar-refractivity contribution in [2.24, 2.45) is 0 Å². The first kappa shape index (κ1) is 24.0. The molecule has 3 heterocycles. The van der Waals surface area contributed by atoms with Crippen molar-refractivity contribution in [1.82, 2.24) is 0 Å². The highest BCUT2D eigenvalue weighted by Crippen LogP contribution is 2.64. The zero-order valence-corrected chi connectivity index (χ0v) is 19.8. The Morgan fingerprint density at radius 2 is 1.33 bits per heavy atom. The lowest BCUT2D eigenvalue weighted by molar-refractivity contribution is 0.285. The highest BCUT2D eigenvalue weighted by molar-refractivity contribution is 8.04. The SMILES string of the molecule is C1CO1.[B][P+]1(c2ccccc2)CCCC1.[B][P+]1(c2ccccc2)CCC[C@@H]1CCO. The minimum Gasteiger partial charge on any atom is -0.396 e.